The second-order valence-corrected chi connectivity index (χ2v) is 2.98. The standard InChI is InChI=1S/C4H4FO4P/c1-2-3-4(5)9-10(6,7)8-3/h1,3-4H,(H,6,7). The quantitative estimate of drug-likeness (QED) is 0.418. The monoisotopic (exact) mass is 166 g/mol. The molecular weight excluding hydrogens is 162 g/mol. The van der Waals surface area contributed by atoms with Crippen LogP contribution in [0.2, 0.25) is 0 Å². The molecule has 1 aliphatic heterocycles. The first-order chi connectivity index (χ1) is 4.55. The van der Waals surface area contributed by atoms with Gasteiger partial charge in [0.2, 0.25) is 6.36 Å². The van der Waals surface area contributed by atoms with E-state index in [1.165, 1.54) is 0 Å². The molecule has 4 nitrogen and oxygen atoms in total. The highest BCUT2D eigenvalue weighted by molar-refractivity contribution is 7.47. The maximum Gasteiger partial charge on any atom is 0.476 e. The van der Waals surface area contributed by atoms with E-state index in [0.717, 1.165) is 0 Å². The second kappa shape index (κ2) is 2.33. The summed E-state index contributed by atoms with van der Waals surface area (Å²) in [5, 5.41) is 0. The average molecular weight is 166 g/mol. The number of terminal acetylenes is 1. The van der Waals surface area contributed by atoms with Gasteiger partial charge in [0.1, 0.15) is 0 Å². The fraction of sp³-hybridized carbons (Fsp3) is 0.500. The Kier molecular flexibility index (Phi) is 1.80. The first-order valence-electron chi connectivity index (χ1n) is 2.35. The zero-order chi connectivity index (χ0) is 7.78. The van der Waals surface area contributed by atoms with Gasteiger partial charge in [-0.2, -0.15) is 0 Å². The number of phosphoric ester groups is 1. The lowest BCUT2D eigenvalue weighted by atomic mass is 10.4. The lowest BCUT2D eigenvalue weighted by molar-refractivity contribution is 0.0613. The van der Waals surface area contributed by atoms with Crippen molar-refractivity contribution in [2.75, 3.05) is 0 Å². The van der Waals surface area contributed by atoms with Gasteiger partial charge in [0.15, 0.2) is 6.10 Å². The van der Waals surface area contributed by atoms with E-state index in [1.807, 2.05) is 5.92 Å². The van der Waals surface area contributed by atoms with Crippen LogP contribution in [-0.4, -0.2) is 17.4 Å². The van der Waals surface area contributed by atoms with Gasteiger partial charge in [0.25, 0.3) is 0 Å². The summed E-state index contributed by atoms with van der Waals surface area (Å²) in [5.74, 6) is 1.81. The molecule has 0 spiro atoms. The van der Waals surface area contributed by atoms with Crippen molar-refractivity contribution in [3.63, 3.8) is 0 Å². The lowest BCUT2D eigenvalue weighted by Crippen LogP contribution is -2.14. The van der Waals surface area contributed by atoms with Gasteiger partial charge in [-0.1, -0.05) is 5.92 Å². The fourth-order valence-electron chi connectivity index (χ4n) is 0.505. The van der Waals surface area contributed by atoms with Crippen molar-refractivity contribution in [1.29, 1.82) is 0 Å². The third-order valence-electron chi connectivity index (χ3n) is 0.883. The molecule has 3 atom stereocenters. The van der Waals surface area contributed by atoms with Crippen molar-refractivity contribution in [2.24, 2.45) is 0 Å². The van der Waals surface area contributed by atoms with Crippen molar-refractivity contribution in [3.8, 4) is 12.3 Å². The van der Waals surface area contributed by atoms with Gasteiger partial charge < -0.3 is 4.89 Å². The van der Waals surface area contributed by atoms with E-state index < -0.39 is 20.3 Å². The minimum absolute atomic E-state index is 1.36. The lowest BCUT2D eigenvalue weighted by Gasteiger charge is -1.96. The predicted molar refractivity (Wildman–Crippen MR) is 29.5 cm³/mol. The highest BCUT2D eigenvalue weighted by Crippen LogP contribution is 2.52. The Morgan fingerprint density at radius 3 is 2.50 bits per heavy atom. The molecule has 0 aromatic carbocycles. The minimum atomic E-state index is -4.19. The van der Waals surface area contributed by atoms with Gasteiger partial charge >= 0.3 is 7.82 Å². The molecule has 1 rings (SSSR count). The van der Waals surface area contributed by atoms with Crippen LogP contribution in [0.3, 0.4) is 0 Å². The molecule has 1 N–H and O–H groups in total. The molecule has 0 aliphatic carbocycles. The zero-order valence-corrected chi connectivity index (χ0v) is 5.62. The highest BCUT2D eigenvalue weighted by Gasteiger charge is 2.43. The molecule has 3 unspecified atom stereocenters. The smallest absolute Gasteiger partial charge is 0.302 e. The van der Waals surface area contributed by atoms with E-state index in [1.54, 1.807) is 0 Å². The number of rotatable bonds is 0. The third-order valence-corrected chi connectivity index (χ3v) is 1.84. The van der Waals surface area contributed by atoms with Crippen LogP contribution in [-0.2, 0) is 13.6 Å². The fourth-order valence-corrected chi connectivity index (χ4v) is 1.36. The van der Waals surface area contributed by atoms with E-state index in [-0.39, 0.29) is 0 Å². The van der Waals surface area contributed by atoms with Gasteiger partial charge in [-0.25, -0.2) is 13.5 Å². The first-order valence-corrected chi connectivity index (χ1v) is 3.84. The summed E-state index contributed by atoms with van der Waals surface area (Å²) in [6.45, 7) is 0. The van der Waals surface area contributed by atoms with E-state index in [0.29, 0.717) is 0 Å². The van der Waals surface area contributed by atoms with Crippen molar-refractivity contribution >= 4 is 7.82 Å². The molecule has 1 saturated heterocycles. The zero-order valence-electron chi connectivity index (χ0n) is 4.73. The van der Waals surface area contributed by atoms with E-state index in [2.05, 4.69) is 9.05 Å². The van der Waals surface area contributed by atoms with Crippen LogP contribution < -0.4 is 0 Å². The van der Waals surface area contributed by atoms with Crippen LogP contribution >= 0.6 is 7.82 Å². The van der Waals surface area contributed by atoms with Crippen LogP contribution in [0, 0.1) is 12.3 Å². The Balaban J connectivity index is 2.73. The number of halogens is 1. The third kappa shape index (κ3) is 1.36. The maximum absolute atomic E-state index is 12.3. The van der Waals surface area contributed by atoms with Crippen LogP contribution in [0.1, 0.15) is 0 Å². The molecule has 0 radical (unpaired) electrons. The first kappa shape index (κ1) is 7.70. The molecule has 0 amide bonds. The molecule has 1 fully saturated rings. The number of phosphoric acid groups is 1. The van der Waals surface area contributed by atoms with Crippen LogP contribution in [0.25, 0.3) is 0 Å². The van der Waals surface area contributed by atoms with Crippen LogP contribution in [0.5, 0.6) is 0 Å². The van der Waals surface area contributed by atoms with E-state index in [4.69, 9.17) is 11.3 Å². The summed E-state index contributed by atoms with van der Waals surface area (Å²) in [6, 6.07) is 0. The van der Waals surface area contributed by atoms with E-state index >= 15 is 0 Å². The molecule has 6 heteroatoms. The SMILES string of the molecule is C#CC1OP(=O)(O)OC1F. The summed E-state index contributed by atoms with van der Waals surface area (Å²) >= 11 is 0. The van der Waals surface area contributed by atoms with Crippen LogP contribution in [0.4, 0.5) is 4.39 Å². The molecule has 0 aromatic heterocycles. The number of hydrogen-bond acceptors (Lipinski definition) is 3. The summed E-state index contributed by atoms with van der Waals surface area (Å²) in [6.07, 6.45) is 1.35. The highest BCUT2D eigenvalue weighted by atomic mass is 31.2. The van der Waals surface area contributed by atoms with Gasteiger partial charge in [0.05, 0.1) is 0 Å². The predicted octanol–water partition coefficient (Wildman–Crippen LogP) is 0.431. The molecule has 0 bridgehead atoms. The summed E-state index contributed by atoms with van der Waals surface area (Å²) in [4.78, 5) is 8.44. The molecule has 56 valence electrons. The summed E-state index contributed by atoms with van der Waals surface area (Å²) < 4.78 is 30.6. The Morgan fingerprint density at radius 2 is 2.30 bits per heavy atom. The minimum Gasteiger partial charge on any atom is -0.302 e. The van der Waals surface area contributed by atoms with Gasteiger partial charge in [-0.3, -0.25) is 4.52 Å². The van der Waals surface area contributed by atoms with Gasteiger partial charge in [-0.15, -0.1) is 6.42 Å². The number of hydrogen-bond donors (Lipinski definition) is 1. The Morgan fingerprint density at radius 1 is 1.70 bits per heavy atom. The van der Waals surface area contributed by atoms with Crippen molar-refractivity contribution in [3.05, 3.63) is 0 Å². The maximum atomic E-state index is 12.3. The van der Waals surface area contributed by atoms with Crippen molar-refractivity contribution < 1.29 is 22.9 Å². The topological polar surface area (TPSA) is 55.8 Å². The summed E-state index contributed by atoms with van der Waals surface area (Å²) in [7, 11) is -4.19. The Hall–Kier alpha value is -0.400. The van der Waals surface area contributed by atoms with Gasteiger partial charge in [-0.05, 0) is 0 Å². The van der Waals surface area contributed by atoms with Crippen LogP contribution in [0.15, 0.2) is 0 Å². The van der Waals surface area contributed by atoms with Crippen molar-refractivity contribution in [1.82, 2.24) is 0 Å². The Bertz CT molecular complexity index is 222. The van der Waals surface area contributed by atoms with Crippen molar-refractivity contribution in [2.45, 2.75) is 12.5 Å². The normalized spacial score (nSPS) is 46.9. The largest absolute Gasteiger partial charge is 0.476 e. The van der Waals surface area contributed by atoms with E-state index in [9.17, 15) is 8.96 Å². The molecule has 1 heterocycles. The molecule has 1 aliphatic rings. The molecular formula is C4H4FO4P. The molecule has 0 saturated carbocycles. The summed E-state index contributed by atoms with van der Waals surface area (Å²) in [5.41, 5.74) is 0. The Labute approximate surface area is 56.6 Å². The number of alkyl halides is 1. The molecule has 10 heavy (non-hydrogen) atoms. The van der Waals surface area contributed by atoms with Gasteiger partial charge in [0, 0.05) is 0 Å². The second-order valence-electron chi connectivity index (χ2n) is 1.62. The average Bonchev–Trinajstić information content (AvgIpc) is 2.05. The molecule has 0 aromatic rings.